The van der Waals surface area contributed by atoms with E-state index in [1.54, 1.807) is 18.3 Å². The average molecular weight is 432 g/mol. The molecule has 7 heteroatoms. The van der Waals surface area contributed by atoms with Crippen LogP contribution in [-0.2, 0) is 6.54 Å². The van der Waals surface area contributed by atoms with Gasteiger partial charge in [-0.2, -0.15) is 5.10 Å². The molecule has 0 amide bonds. The third-order valence-corrected chi connectivity index (χ3v) is 6.00. The van der Waals surface area contributed by atoms with Crippen LogP contribution in [0.25, 0.3) is 39.0 Å². The molecular weight excluding hydrogens is 405 g/mol. The molecule has 4 heterocycles. The number of nitrogens with zero attached hydrogens (tertiary/aromatic N) is 4. The average Bonchev–Trinajstić information content (AvgIpc) is 3.43. The van der Waals surface area contributed by atoms with Gasteiger partial charge in [0.25, 0.3) is 0 Å². The van der Waals surface area contributed by atoms with E-state index in [2.05, 4.69) is 34.1 Å². The van der Waals surface area contributed by atoms with E-state index in [4.69, 9.17) is 5.10 Å². The quantitative estimate of drug-likeness (QED) is 0.477. The summed E-state index contributed by atoms with van der Waals surface area (Å²) in [6.45, 7) is 2.69. The smallest absolute Gasteiger partial charge is 0.138 e. The van der Waals surface area contributed by atoms with Crippen LogP contribution in [0.1, 0.15) is 18.5 Å². The number of hydrogen-bond acceptors (Lipinski definition) is 4. The Labute approximate surface area is 186 Å². The van der Waals surface area contributed by atoms with Crippen molar-refractivity contribution in [3.05, 3.63) is 66.4 Å². The molecule has 5 rings (SSSR count). The lowest BCUT2D eigenvalue weighted by molar-refractivity contribution is 0.277. The van der Waals surface area contributed by atoms with Crippen LogP contribution >= 0.6 is 0 Å². The van der Waals surface area contributed by atoms with Gasteiger partial charge in [-0.25, -0.2) is 9.37 Å². The number of fused-ring (bicyclic) bond motifs is 1. The number of H-pyrrole nitrogens is 1. The van der Waals surface area contributed by atoms with Crippen LogP contribution in [0.4, 0.5) is 4.39 Å². The number of nitrogens with one attached hydrogen (secondary N) is 1. The van der Waals surface area contributed by atoms with Gasteiger partial charge in [-0.05, 0) is 67.4 Å². The van der Waals surface area contributed by atoms with Crippen molar-refractivity contribution in [3.63, 3.8) is 0 Å². The van der Waals surface area contributed by atoms with Gasteiger partial charge in [-0.3, -0.25) is 4.68 Å². The summed E-state index contributed by atoms with van der Waals surface area (Å²) in [4.78, 5) is 10.4. The van der Waals surface area contributed by atoms with Gasteiger partial charge < -0.3 is 15.0 Å². The Balaban J connectivity index is 1.62. The highest BCUT2D eigenvalue weighted by atomic mass is 19.1. The molecule has 32 heavy (non-hydrogen) atoms. The molecule has 0 spiro atoms. The third-order valence-electron chi connectivity index (χ3n) is 6.00. The van der Waals surface area contributed by atoms with Gasteiger partial charge in [-0.1, -0.05) is 6.08 Å². The predicted octanol–water partition coefficient (Wildman–Crippen LogP) is 4.33. The van der Waals surface area contributed by atoms with Gasteiger partial charge in [0, 0.05) is 60.8 Å². The molecule has 4 aromatic rings. The number of likely N-dealkylation sites (N-methyl/N-ethyl adjacent to an activating group) is 1. The fourth-order valence-electron chi connectivity index (χ4n) is 4.24. The number of aromatic amines is 1. The second kappa shape index (κ2) is 8.68. The van der Waals surface area contributed by atoms with Crippen LogP contribution in [-0.4, -0.2) is 56.5 Å². The van der Waals surface area contributed by atoms with Crippen molar-refractivity contribution in [2.24, 2.45) is 0 Å². The Kier molecular flexibility index (Phi) is 5.59. The van der Waals surface area contributed by atoms with Crippen molar-refractivity contribution in [2.45, 2.75) is 19.4 Å². The minimum atomic E-state index is -0.275. The first-order valence-corrected chi connectivity index (χ1v) is 10.9. The van der Waals surface area contributed by atoms with Crippen LogP contribution < -0.4 is 0 Å². The van der Waals surface area contributed by atoms with Crippen LogP contribution in [0.2, 0.25) is 0 Å². The first-order chi connectivity index (χ1) is 15.6. The summed E-state index contributed by atoms with van der Waals surface area (Å²) < 4.78 is 15.4. The minimum absolute atomic E-state index is 0.103. The molecule has 164 valence electrons. The minimum Gasteiger partial charge on any atom is -0.396 e. The van der Waals surface area contributed by atoms with E-state index in [1.165, 1.54) is 17.7 Å². The fourth-order valence-corrected chi connectivity index (χ4v) is 4.24. The molecule has 6 nitrogen and oxygen atoms in total. The lowest BCUT2D eigenvalue weighted by Gasteiger charge is -2.21. The third kappa shape index (κ3) is 3.97. The fraction of sp³-hybridized carbons (Fsp3) is 0.280. The number of aliphatic hydroxyl groups is 1. The Morgan fingerprint density at radius 3 is 2.75 bits per heavy atom. The molecule has 1 aliphatic heterocycles. The molecule has 2 N–H and O–H groups in total. The van der Waals surface area contributed by atoms with Crippen molar-refractivity contribution in [1.29, 1.82) is 0 Å². The summed E-state index contributed by atoms with van der Waals surface area (Å²) in [7, 11) is 2.13. The van der Waals surface area contributed by atoms with Gasteiger partial charge >= 0.3 is 0 Å². The molecule has 0 atom stereocenters. The SMILES string of the molecule is CN1CC=C(c2cc3c(-c4cn(CCCO)nc4-c4ccc(F)cc4)ccnc3[nH]2)CC1. The first kappa shape index (κ1) is 20.6. The van der Waals surface area contributed by atoms with Crippen LogP contribution in [0, 0.1) is 5.82 Å². The Morgan fingerprint density at radius 2 is 2.00 bits per heavy atom. The molecule has 0 saturated carbocycles. The number of pyridine rings is 1. The maximum absolute atomic E-state index is 13.5. The molecule has 0 fully saturated rings. The van der Waals surface area contributed by atoms with Gasteiger partial charge in [0.1, 0.15) is 17.2 Å². The second-order valence-electron chi connectivity index (χ2n) is 8.28. The lowest BCUT2D eigenvalue weighted by Crippen LogP contribution is -2.23. The van der Waals surface area contributed by atoms with Gasteiger partial charge in [0.05, 0.1) is 0 Å². The van der Waals surface area contributed by atoms with E-state index < -0.39 is 0 Å². The molecule has 0 aliphatic carbocycles. The van der Waals surface area contributed by atoms with Gasteiger partial charge in [-0.15, -0.1) is 0 Å². The number of aryl methyl sites for hydroxylation is 1. The topological polar surface area (TPSA) is 70.0 Å². The van der Waals surface area contributed by atoms with Crippen molar-refractivity contribution >= 4 is 16.6 Å². The normalized spacial score (nSPS) is 14.8. The number of hydrogen-bond donors (Lipinski definition) is 2. The van der Waals surface area contributed by atoms with E-state index >= 15 is 0 Å². The molecular formula is C25H26FN5O. The van der Waals surface area contributed by atoms with E-state index in [9.17, 15) is 9.50 Å². The summed E-state index contributed by atoms with van der Waals surface area (Å²) in [5.74, 6) is -0.275. The molecule has 0 unspecified atom stereocenters. The van der Waals surface area contributed by atoms with Crippen LogP contribution in [0.3, 0.4) is 0 Å². The number of rotatable bonds is 6. The van der Waals surface area contributed by atoms with E-state index in [1.807, 2.05) is 16.9 Å². The summed E-state index contributed by atoms with van der Waals surface area (Å²) in [5, 5.41) is 15.1. The zero-order valence-electron chi connectivity index (χ0n) is 18.1. The number of halogens is 1. The molecule has 0 bridgehead atoms. The molecule has 0 radical (unpaired) electrons. The van der Waals surface area contributed by atoms with Crippen molar-refractivity contribution in [2.75, 3.05) is 26.7 Å². The largest absolute Gasteiger partial charge is 0.396 e. The highest BCUT2D eigenvalue weighted by Crippen LogP contribution is 2.36. The molecule has 1 aliphatic rings. The highest BCUT2D eigenvalue weighted by Gasteiger charge is 2.19. The highest BCUT2D eigenvalue weighted by molar-refractivity contribution is 5.98. The van der Waals surface area contributed by atoms with Crippen molar-refractivity contribution in [1.82, 2.24) is 24.6 Å². The Bertz CT molecular complexity index is 1270. The maximum Gasteiger partial charge on any atom is 0.138 e. The number of aliphatic hydroxyl groups excluding tert-OH is 1. The Hall–Kier alpha value is -3.29. The van der Waals surface area contributed by atoms with Gasteiger partial charge in [0.15, 0.2) is 0 Å². The van der Waals surface area contributed by atoms with Crippen LogP contribution in [0.5, 0.6) is 0 Å². The van der Waals surface area contributed by atoms with E-state index in [0.717, 1.165) is 58.6 Å². The zero-order chi connectivity index (χ0) is 22.1. The number of benzene rings is 1. The van der Waals surface area contributed by atoms with Crippen LogP contribution in [0.15, 0.2) is 54.9 Å². The first-order valence-electron chi connectivity index (χ1n) is 10.9. The maximum atomic E-state index is 13.5. The summed E-state index contributed by atoms with van der Waals surface area (Å²) in [5.41, 5.74) is 6.88. The molecule has 0 saturated heterocycles. The molecule has 3 aromatic heterocycles. The zero-order valence-corrected chi connectivity index (χ0v) is 18.1. The monoisotopic (exact) mass is 431 g/mol. The summed E-state index contributed by atoms with van der Waals surface area (Å²) in [6, 6.07) is 10.6. The standard InChI is InChI=1S/C25H26FN5O/c1-30-12-8-17(9-13-30)23-15-21-20(7-10-27-25(21)28-23)22-16-31(11-2-14-32)29-24(22)18-3-5-19(26)6-4-18/h3-8,10,15-16,32H,2,9,11-14H2,1H3,(H,27,28). The number of aromatic nitrogens is 4. The molecule has 1 aromatic carbocycles. The van der Waals surface area contributed by atoms with Gasteiger partial charge in [0.2, 0.25) is 0 Å². The lowest BCUT2D eigenvalue weighted by atomic mass is 9.99. The Morgan fingerprint density at radius 1 is 1.16 bits per heavy atom. The predicted molar refractivity (Wildman–Crippen MR) is 125 cm³/mol. The summed E-state index contributed by atoms with van der Waals surface area (Å²) >= 11 is 0. The van der Waals surface area contributed by atoms with E-state index in [0.29, 0.717) is 13.0 Å². The second-order valence-corrected chi connectivity index (χ2v) is 8.28. The van der Waals surface area contributed by atoms with E-state index in [-0.39, 0.29) is 12.4 Å². The van der Waals surface area contributed by atoms with Crippen molar-refractivity contribution < 1.29 is 9.50 Å². The van der Waals surface area contributed by atoms with Crippen molar-refractivity contribution in [3.8, 4) is 22.4 Å². The summed E-state index contributed by atoms with van der Waals surface area (Å²) in [6.07, 6.45) is 7.70.